The van der Waals surface area contributed by atoms with E-state index in [1.54, 1.807) is 0 Å². The molecule has 0 fully saturated rings. The third kappa shape index (κ3) is 3.64. The number of nitrogens with one attached hydrogen (secondary N) is 2. The number of hydrogen-bond donors (Lipinski definition) is 2. The molecule has 1 atom stereocenters. The van der Waals surface area contributed by atoms with Crippen LogP contribution in [0.15, 0.2) is 25.1 Å². The molecule has 0 radical (unpaired) electrons. The van der Waals surface area contributed by atoms with E-state index in [-0.39, 0.29) is 6.04 Å². The fraction of sp³-hybridized carbons (Fsp3) is 0.429. The van der Waals surface area contributed by atoms with Crippen LogP contribution >= 0.6 is 0 Å². The van der Waals surface area contributed by atoms with E-state index in [4.69, 9.17) is 0 Å². The molecule has 0 spiro atoms. The molecule has 52 valence electrons. The molecule has 0 amide bonds. The zero-order valence-electron chi connectivity index (χ0n) is 6.07. The third-order valence-corrected chi connectivity index (χ3v) is 1.06. The first-order valence-electron chi connectivity index (χ1n) is 2.96. The van der Waals surface area contributed by atoms with Crippen LogP contribution in [0, 0.1) is 0 Å². The summed E-state index contributed by atoms with van der Waals surface area (Å²) >= 11 is 0. The molecule has 0 aromatic carbocycles. The van der Waals surface area contributed by atoms with Crippen molar-refractivity contribution in [2.75, 3.05) is 7.05 Å². The van der Waals surface area contributed by atoms with Gasteiger partial charge < -0.3 is 10.6 Å². The fourth-order valence-corrected chi connectivity index (χ4v) is 0.406. The smallest absolute Gasteiger partial charge is 0.0914 e. The molecule has 0 saturated carbocycles. The first-order valence-corrected chi connectivity index (χ1v) is 2.96. The molecule has 0 aliphatic carbocycles. The second kappa shape index (κ2) is 4.01. The van der Waals surface area contributed by atoms with Gasteiger partial charge in [-0.05, 0) is 6.92 Å². The lowest BCUT2D eigenvalue weighted by Crippen LogP contribution is -2.28. The normalized spacial score (nSPS) is 11.8. The van der Waals surface area contributed by atoms with Gasteiger partial charge in [-0.25, -0.2) is 0 Å². The summed E-state index contributed by atoms with van der Waals surface area (Å²) in [5, 5.41) is 5.93. The van der Waals surface area contributed by atoms with Crippen molar-refractivity contribution < 1.29 is 0 Å². The summed E-state index contributed by atoms with van der Waals surface area (Å²) in [5.74, 6) is 0.822. The van der Waals surface area contributed by atoms with Gasteiger partial charge in [0.05, 0.1) is 5.82 Å². The monoisotopic (exact) mass is 126 g/mol. The van der Waals surface area contributed by atoms with Crippen molar-refractivity contribution in [1.82, 2.24) is 10.6 Å². The Hall–Kier alpha value is -0.920. The molecule has 0 rings (SSSR count). The molecule has 1 unspecified atom stereocenters. The summed E-state index contributed by atoms with van der Waals surface area (Å²) < 4.78 is 0. The summed E-state index contributed by atoms with van der Waals surface area (Å²) in [7, 11) is 1.82. The highest BCUT2D eigenvalue weighted by atomic mass is 15.1. The maximum absolute atomic E-state index is 3.69. The lowest BCUT2D eigenvalue weighted by Gasteiger charge is -2.11. The van der Waals surface area contributed by atoms with Crippen molar-refractivity contribution >= 4 is 0 Å². The Morgan fingerprint density at radius 3 is 2.56 bits per heavy atom. The van der Waals surface area contributed by atoms with Crippen molar-refractivity contribution in [3.8, 4) is 0 Å². The van der Waals surface area contributed by atoms with E-state index in [1.807, 2.05) is 20.0 Å². The molecule has 2 nitrogen and oxygen atoms in total. The minimum absolute atomic E-state index is 0.282. The van der Waals surface area contributed by atoms with Gasteiger partial charge in [-0.3, -0.25) is 0 Å². The molecule has 2 N–H and O–H groups in total. The Morgan fingerprint density at radius 2 is 2.22 bits per heavy atom. The van der Waals surface area contributed by atoms with Gasteiger partial charge in [-0.15, -0.1) is 6.58 Å². The number of rotatable bonds is 4. The van der Waals surface area contributed by atoms with Crippen molar-refractivity contribution in [3.63, 3.8) is 0 Å². The summed E-state index contributed by atoms with van der Waals surface area (Å²) in [6, 6.07) is 0.282. The van der Waals surface area contributed by atoms with Gasteiger partial charge in [0.15, 0.2) is 0 Å². The van der Waals surface area contributed by atoms with Gasteiger partial charge in [0.1, 0.15) is 0 Å². The maximum atomic E-state index is 3.69. The van der Waals surface area contributed by atoms with Crippen LogP contribution in [-0.2, 0) is 0 Å². The molecule has 0 aliphatic heterocycles. The molecule has 0 aromatic heterocycles. The van der Waals surface area contributed by atoms with Gasteiger partial charge in [0.2, 0.25) is 0 Å². The Bertz CT molecular complexity index is 107. The van der Waals surface area contributed by atoms with E-state index in [1.165, 1.54) is 0 Å². The highest BCUT2D eigenvalue weighted by Crippen LogP contribution is 1.83. The molecule has 0 bridgehead atoms. The second-order valence-electron chi connectivity index (χ2n) is 1.90. The topological polar surface area (TPSA) is 24.1 Å². The van der Waals surface area contributed by atoms with Crippen LogP contribution in [0.5, 0.6) is 0 Å². The molecular weight excluding hydrogens is 112 g/mol. The zero-order valence-corrected chi connectivity index (χ0v) is 6.07. The molecule has 2 heteroatoms. The Morgan fingerprint density at radius 1 is 1.67 bits per heavy atom. The molecule has 0 heterocycles. The van der Waals surface area contributed by atoms with E-state index < -0.39 is 0 Å². The van der Waals surface area contributed by atoms with E-state index >= 15 is 0 Å². The minimum Gasteiger partial charge on any atom is -0.375 e. The van der Waals surface area contributed by atoms with E-state index in [2.05, 4.69) is 23.8 Å². The van der Waals surface area contributed by atoms with Crippen LogP contribution in [-0.4, -0.2) is 13.1 Å². The van der Waals surface area contributed by atoms with Gasteiger partial charge in [-0.1, -0.05) is 12.7 Å². The van der Waals surface area contributed by atoms with Crippen LogP contribution < -0.4 is 10.6 Å². The quantitative estimate of drug-likeness (QED) is 0.545. The molecular formula is C7H14N2. The van der Waals surface area contributed by atoms with Crippen molar-refractivity contribution in [2.45, 2.75) is 13.0 Å². The van der Waals surface area contributed by atoms with Gasteiger partial charge in [0, 0.05) is 13.1 Å². The first-order chi connectivity index (χ1) is 4.20. The highest BCUT2D eigenvalue weighted by Gasteiger charge is 1.92. The van der Waals surface area contributed by atoms with E-state index in [9.17, 15) is 0 Å². The molecule has 0 aromatic rings. The largest absolute Gasteiger partial charge is 0.375 e. The SMILES string of the molecule is C=CC(C)NC(=C)NC. The van der Waals surface area contributed by atoms with Crippen LogP contribution in [0.1, 0.15) is 6.92 Å². The third-order valence-electron chi connectivity index (χ3n) is 1.06. The summed E-state index contributed by atoms with van der Waals surface area (Å²) in [6.07, 6.45) is 1.82. The zero-order chi connectivity index (χ0) is 7.28. The standard InChI is InChI=1S/C7H14N2/c1-5-6(2)9-7(3)8-4/h5-6,8-9H,1,3H2,2,4H3. The van der Waals surface area contributed by atoms with Crippen LogP contribution in [0.2, 0.25) is 0 Å². The molecule has 0 aliphatic rings. The Balaban J connectivity index is 3.46. The van der Waals surface area contributed by atoms with Crippen LogP contribution in [0.3, 0.4) is 0 Å². The second-order valence-corrected chi connectivity index (χ2v) is 1.90. The van der Waals surface area contributed by atoms with Crippen LogP contribution in [0.4, 0.5) is 0 Å². The fourth-order valence-electron chi connectivity index (χ4n) is 0.406. The highest BCUT2D eigenvalue weighted by molar-refractivity contribution is 4.94. The molecule has 0 saturated heterocycles. The predicted molar refractivity (Wildman–Crippen MR) is 41.0 cm³/mol. The summed E-state index contributed by atoms with van der Waals surface area (Å²) in [5.41, 5.74) is 0. The van der Waals surface area contributed by atoms with Crippen molar-refractivity contribution in [3.05, 3.63) is 25.1 Å². The summed E-state index contributed by atoms with van der Waals surface area (Å²) in [4.78, 5) is 0. The number of hydrogen-bond acceptors (Lipinski definition) is 2. The Kier molecular flexibility index (Phi) is 3.60. The van der Waals surface area contributed by atoms with Gasteiger partial charge >= 0.3 is 0 Å². The van der Waals surface area contributed by atoms with Crippen molar-refractivity contribution in [1.29, 1.82) is 0 Å². The average Bonchev–Trinajstić information content (AvgIpc) is 1.87. The van der Waals surface area contributed by atoms with Gasteiger partial charge in [-0.2, -0.15) is 0 Å². The van der Waals surface area contributed by atoms with E-state index in [0.29, 0.717) is 0 Å². The average molecular weight is 126 g/mol. The predicted octanol–water partition coefficient (Wildman–Crippen LogP) is 0.841. The lowest BCUT2D eigenvalue weighted by atomic mass is 10.3. The Labute approximate surface area is 56.6 Å². The summed E-state index contributed by atoms with van der Waals surface area (Å²) in [6.45, 7) is 9.32. The lowest BCUT2D eigenvalue weighted by molar-refractivity contribution is 0.683. The minimum atomic E-state index is 0.282. The van der Waals surface area contributed by atoms with Crippen LogP contribution in [0.25, 0.3) is 0 Å². The van der Waals surface area contributed by atoms with E-state index in [0.717, 1.165) is 5.82 Å². The first kappa shape index (κ1) is 8.08. The molecule has 9 heavy (non-hydrogen) atoms. The van der Waals surface area contributed by atoms with Gasteiger partial charge in [0.25, 0.3) is 0 Å². The van der Waals surface area contributed by atoms with Crippen molar-refractivity contribution in [2.24, 2.45) is 0 Å². The maximum Gasteiger partial charge on any atom is 0.0914 e.